The summed E-state index contributed by atoms with van der Waals surface area (Å²) in [6.07, 6.45) is 2.00. The number of benzene rings is 2. The monoisotopic (exact) mass is 799 g/mol. The van der Waals surface area contributed by atoms with Gasteiger partial charge in [-0.25, -0.2) is 14.2 Å². The van der Waals surface area contributed by atoms with Crippen molar-refractivity contribution in [1.82, 2.24) is 29.5 Å². The van der Waals surface area contributed by atoms with Crippen LogP contribution in [0.4, 0.5) is 5.82 Å². The zero-order chi connectivity index (χ0) is 37.5. The van der Waals surface area contributed by atoms with E-state index in [-0.39, 0.29) is 24.0 Å². The van der Waals surface area contributed by atoms with Gasteiger partial charge in [0, 0.05) is 67.8 Å². The van der Waals surface area contributed by atoms with Crippen LogP contribution in [-0.4, -0.2) is 138 Å². The molecular formula is C36H45N7O8S3. The van der Waals surface area contributed by atoms with Gasteiger partial charge >= 0.3 is 0 Å². The van der Waals surface area contributed by atoms with Gasteiger partial charge in [0.05, 0.1) is 73.4 Å². The molecule has 15 nitrogen and oxygen atoms in total. The van der Waals surface area contributed by atoms with Gasteiger partial charge in [-0.2, -0.15) is 13.5 Å². The number of morpholine rings is 1. The van der Waals surface area contributed by atoms with Gasteiger partial charge < -0.3 is 23.7 Å². The third-order valence-electron chi connectivity index (χ3n) is 9.30. The summed E-state index contributed by atoms with van der Waals surface area (Å²) in [6, 6.07) is 14.7. The molecule has 0 bridgehead atoms. The predicted octanol–water partition coefficient (Wildman–Crippen LogP) is 3.59. The van der Waals surface area contributed by atoms with E-state index in [4.69, 9.17) is 33.5 Å². The van der Waals surface area contributed by atoms with E-state index in [0.717, 1.165) is 83.9 Å². The van der Waals surface area contributed by atoms with Crippen molar-refractivity contribution in [2.45, 2.75) is 24.9 Å². The number of aromatic nitrogens is 4. The van der Waals surface area contributed by atoms with E-state index in [1.165, 1.54) is 17.0 Å². The maximum atomic E-state index is 12.3. The number of ether oxygens (including phenoxy) is 3. The van der Waals surface area contributed by atoms with Gasteiger partial charge in [0.15, 0.2) is 22.7 Å². The Bertz CT molecular complexity index is 2150. The zero-order valence-corrected chi connectivity index (χ0v) is 32.6. The quantitative estimate of drug-likeness (QED) is 0.0826. The standard InChI is InChI=1S/C36H45N7O8S3/c1-27-5-7-29(8-6-27)54(46,47)51-22-21-50-20-19-49-18-15-43-25-31-30(3-2-4-32(31)39-43)35-37-33-23-28(24-40-9-11-41(12-10-40)26-53(44)45)52-34(33)36(38-35)42-13-16-48-17-14-42/h2-8,23,25H,9-22,24,26H2,1H3,(H,44,45). The number of nitrogens with zero attached hydrogens (tertiary/aromatic N) is 7. The first-order valence-corrected chi connectivity index (χ1v) is 21.5. The third kappa shape index (κ3) is 9.86. The van der Waals surface area contributed by atoms with Crippen molar-refractivity contribution in [1.29, 1.82) is 0 Å². The molecule has 2 aromatic carbocycles. The first-order chi connectivity index (χ1) is 26.2. The van der Waals surface area contributed by atoms with Crippen molar-refractivity contribution in [2.75, 3.05) is 96.3 Å². The molecule has 2 saturated heterocycles. The predicted molar refractivity (Wildman–Crippen MR) is 208 cm³/mol. The summed E-state index contributed by atoms with van der Waals surface area (Å²) < 4.78 is 70.1. The SMILES string of the molecule is Cc1ccc(S(=O)(=O)OCCOCCOCCn2cc3c(-c4nc(N5CCOCC5)c5sc(CN6CCN(CS(=O)O)CC6)cc5n4)cccc3n2)cc1. The topological polar surface area (TPSA) is 162 Å². The van der Waals surface area contributed by atoms with E-state index in [1.54, 1.807) is 23.5 Å². The molecule has 1 atom stereocenters. The van der Waals surface area contributed by atoms with Crippen molar-refractivity contribution in [3.05, 3.63) is 65.2 Å². The summed E-state index contributed by atoms with van der Waals surface area (Å²) in [4.78, 5) is 18.3. The van der Waals surface area contributed by atoms with E-state index in [0.29, 0.717) is 45.4 Å². The minimum absolute atomic E-state index is 0.0769. The van der Waals surface area contributed by atoms with Gasteiger partial charge in [-0.15, -0.1) is 11.3 Å². The van der Waals surface area contributed by atoms with Crippen molar-refractivity contribution in [2.24, 2.45) is 0 Å². The summed E-state index contributed by atoms with van der Waals surface area (Å²) in [6.45, 7) is 10.3. The first kappa shape index (κ1) is 38.8. The van der Waals surface area contributed by atoms with Gasteiger partial charge in [0.2, 0.25) is 0 Å². The van der Waals surface area contributed by atoms with Crippen molar-refractivity contribution < 1.29 is 35.6 Å². The molecule has 0 radical (unpaired) electrons. The fourth-order valence-electron chi connectivity index (χ4n) is 6.46. The van der Waals surface area contributed by atoms with Crippen LogP contribution in [-0.2, 0) is 52.7 Å². The number of fused-ring (bicyclic) bond motifs is 2. The molecule has 0 aliphatic carbocycles. The molecule has 18 heteroatoms. The van der Waals surface area contributed by atoms with Gasteiger partial charge in [-0.3, -0.25) is 18.7 Å². The molecule has 2 aliphatic rings. The second-order valence-corrected chi connectivity index (χ2v) is 16.8. The van der Waals surface area contributed by atoms with Crippen LogP contribution < -0.4 is 4.90 Å². The minimum atomic E-state index is -3.82. The Balaban J connectivity index is 0.963. The molecule has 290 valence electrons. The highest BCUT2D eigenvalue weighted by Crippen LogP contribution is 2.36. The zero-order valence-electron chi connectivity index (χ0n) is 30.2. The van der Waals surface area contributed by atoms with E-state index in [1.807, 2.05) is 40.9 Å². The molecule has 0 amide bonds. The van der Waals surface area contributed by atoms with Gasteiger partial charge in [-0.1, -0.05) is 29.8 Å². The number of hydrogen-bond acceptors (Lipinski definition) is 14. The lowest BCUT2D eigenvalue weighted by Crippen LogP contribution is -2.46. The molecule has 5 aromatic rings. The van der Waals surface area contributed by atoms with Crippen LogP contribution in [0, 0.1) is 6.92 Å². The molecule has 7 rings (SSSR count). The second kappa shape index (κ2) is 18.0. The normalized spacial score (nSPS) is 16.8. The number of hydrogen-bond donors (Lipinski definition) is 1. The number of aryl methyl sites for hydroxylation is 1. The van der Waals surface area contributed by atoms with Gasteiger partial charge in [-0.05, 0) is 31.2 Å². The Morgan fingerprint density at radius 3 is 2.37 bits per heavy atom. The van der Waals surface area contributed by atoms with Crippen LogP contribution in [0.25, 0.3) is 32.5 Å². The lowest BCUT2D eigenvalue weighted by molar-refractivity contribution is 0.0341. The van der Waals surface area contributed by atoms with Crippen LogP contribution >= 0.6 is 11.3 Å². The highest BCUT2D eigenvalue weighted by atomic mass is 32.2. The number of thiophene rings is 1. The molecule has 1 unspecified atom stereocenters. The Hall–Kier alpha value is -3.43. The lowest BCUT2D eigenvalue weighted by atomic mass is 10.1. The average Bonchev–Trinajstić information content (AvgIpc) is 3.78. The van der Waals surface area contributed by atoms with Crippen LogP contribution in [0.15, 0.2) is 59.6 Å². The van der Waals surface area contributed by atoms with Crippen molar-refractivity contribution in [3.8, 4) is 11.4 Å². The number of anilines is 1. The summed E-state index contributed by atoms with van der Waals surface area (Å²) in [5.74, 6) is 1.76. The maximum absolute atomic E-state index is 12.3. The largest absolute Gasteiger partial charge is 0.378 e. The highest BCUT2D eigenvalue weighted by Gasteiger charge is 2.23. The second-order valence-electron chi connectivity index (χ2n) is 13.2. The van der Waals surface area contributed by atoms with E-state index >= 15 is 0 Å². The lowest BCUT2D eigenvalue weighted by Gasteiger charge is -2.33. The molecule has 0 saturated carbocycles. The van der Waals surface area contributed by atoms with Gasteiger partial charge in [0.25, 0.3) is 10.1 Å². The fraction of sp³-hybridized carbons (Fsp3) is 0.472. The molecule has 2 fully saturated rings. The van der Waals surface area contributed by atoms with E-state index in [2.05, 4.69) is 15.9 Å². The van der Waals surface area contributed by atoms with Crippen molar-refractivity contribution >= 4 is 59.5 Å². The third-order valence-corrected chi connectivity index (χ3v) is 12.3. The summed E-state index contributed by atoms with van der Waals surface area (Å²) >= 11 is -0.0840. The summed E-state index contributed by atoms with van der Waals surface area (Å²) in [5.41, 5.74) is 3.62. The molecule has 1 N–H and O–H groups in total. The molecule has 54 heavy (non-hydrogen) atoms. The van der Waals surface area contributed by atoms with Gasteiger partial charge in [0.1, 0.15) is 5.88 Å². The number of piperazine rings is 1. The molecular weight excluding hydrogens is 755 g/mol. The highest BCUT2D eigenvalue weighted by molar-refractivity contribution is 7.86. The summed E-state index contributed by atoms with van der Waals surface area (Å²) in [5, 5.41) is 5.74. The summed E-state index contributed by atoms with van der Waals surface area (Å²) in [7, 11) is -3.82. The maximum Gasteiger partial charge on any atom is 0.297 e. The Morgan fingerprint density at radius 2 is 1.61 bits per heavy atom. The smallest absolute Gasteiger partial charge is 0.297 e. The van der Waals surface area contributed by atoms with Crippen molar-refractivity contribution in [3.63, 3.8) is 0 Å². The Kier molecular flexibility index (Phi) is 13.0. The van der Waals surface area contributed by atoms with E-state index in [9.17, 15) is 17.2 Å². The fourth-order valence-corrected chi connectivity index (χ4v) is 9.08. The number of rotatable bonds is 17. The van der Waals surface area contributed by atoms with Crippen LogP contribution in [0.5, 0.6) is 0 Å². The van der Waals surface area contributed by atoms with Crippen LogP contribution in [0.1, 0.15) is 10.4 Å². The Labute approximate surface area is 321 Å². The Morgan fingerprint density at radius 1 is 0.889 bits per heavy atom. The molecule has 5 heterocycles. The molecule has 0 spiro atoms. The minimum Gasteiger partial charge on any atom is -0.378 e. The van der Waals surface area contributed by atoms with Crippen LogP contribution in [0.2, 0.25) is 0 Å². The average molecular weight is 800 g/mol. The van der Waals surface area contributed by atoms with E-state index < -0.39 is 21.2 Å². The molecule has 2 aliphatic heterocycles. The van der Waals surface area contributed by atoms with Crippen LogP contribution in [0.3, 0.4) is 0 Å². The molecule has 3 aromatic heterocycles. The first-order valence-electron chi connectivity index (χ1n) is 18.0.